The van der Waals surface area contributed by atoms with Crippen LogP contribution >= 0.6 is 0 Å². The van der Waals surface area contributed by atoms with E-state index in [0.29, 0.717) is 38.0 Å². The Morgan fingerprint density at radius 2 is 1.95 bits per heavy atom. The summed E-state index contributed by atoms with van der Waals surface area (Å²) in [5, 5.41) is 9.47. The van der Waals surface area contributed by atoms with Gasteiger partial charge in [0.25, 0.3) is 0 Å². The molecule has 1 aromatic rings. The molecule has 2 rings (SSSR count). The smallest absolute Gasteiger partial charge is 0.311 e. The third kappa shape index (κ3) is 3.48. The van der Waals surface area contributed by atoms with Crippen molar-refractivity contribution in [1.82, 2.24) is 4.72 Å². The first-order valence-corrected chi connectivity index (χ1v) is 8.78. The molecule has 1 aliphatic heterocycles. The maximum Gasteiger partial charge on any atom is 0.311 e. The molecular weight excluding hydrogens is 306 g/mol. The molecule has 2 N–H and O–H groups in total. The molecule has 0 unspecified atom stereocenters. The summed E-state index contributed by atoms with van der Waals surface area (Å²) >= 11 is 0. The Labute approximate surface area is 130 Å². The number of carboxylic acids is 1. The quantitative estimate of drug-likeness (QED) is 0.824. The van der Waals surface area contributed by atoms with E-state index in [4.69, 9.17) is 4.74 Å². The number of aliphatic carboxylic acids is 1. The number of aryl methyl sites for hydroxylation is 1. The molecule has 22 heavy (non-hydrogen) atoms. The molecule has 0 spiro atoms. The Kier molecular flexibility index (Phi) is 5.20. The summed E-state index contributed by atoms with van der Waals surface area (Å²) in [4.78, 5) is 11.8. The molecule has 0 bridgehead atoms. The van der Waals surface area contributed by atoms with Crippen LogP contribution in [-0.2, 0) is 26.0 Å². The highest BCUT2D eigenvalue weighted by atomic mass is 32.2. The van der Waals surface area contributed by atoms with Gasteiger partial charge < -0.3 is 9.84 Å². The highest BCUT2D eigenvalue weighted by molar-refractivity contribution is 7.89. The van der Waals surface area contributed by atoms with Crippen LogP contribution in [-0.4, -0.2) is 39.3 Å². The Hall–Kier alpha value is -1.44. The average molecular weight is 327 g/mol. The number of rotatable bonds is 6. The van der Waals surface area contributed by atoms with Gasteiger partial charge in [-0.05, 0) is 30.9 Å². The Bertz CT molecular complexity index is 635. The SMILES string of the molecule is CCc1ccccc1S(=O)(=O)NCC1(C(=O)O)CCOCC1. The predicted octanol–water partition coefficient (Wildman–Crippen LogP) is 1.41. The van der Waals surface area contributed by atoms with E-state index >= 15 is 0 Å². The first kappa shape index (κ1) is 16.9. The summed E-state index contributed by atoms with van der Waals surface area (Å²) in [6.45, 7) is 2.43. The fourth-order valence-corrected chi connectivity index (χ4v) is 4.03. The minimum atomic E-state index is -3.73. The van der Waals surface area contributed by atoms with E-state index in [1.807, 2.05) is 6.92 Å². The summed E-state index contributed by atoms with van der Waals surface area (Å²) in [6, 6.07) is 6.75. The first-order chi connectivity index (χ1) is 10.4. The second kappa shape index (κ2) is 6.76. The van der Waals surface area contributed by atoms with Gasteiger partial charge in [0, 0.05) is 19.8 Å². The standard InChI is InChI=1S/C15H21NO5S/c1-2-12-5-3-4-6-13(12)22(19,20)16-11-15(14(17)18)7-9-21-10-8-15/h3-6,16H,2,7-11H2,1H3,(H,17,18). The molecule has 1 aliphatic rings. The molecule has 0 saturated carbocycles. The van der Waals surface area contributed by atoms with E-state index in [1.165, 1.54) is 0 Å². The fourth-order valence-electron chi connectivity index (χ4n) is 2.60. The maximum atomic E-state index is 12.5. The maximum absolute atomic E-state index is 12.5. The highest BCUT2D eigenvalue weighted by Gasteiger charge is 2.41. The second-order valence-electron chi connectivity index (χ2n) is 5.48. The fraction of sp³-hybridized carbons (Fsp3) is 0.533. The lowest BCUT2D eigenvalue weighted by molar-refractivity contribution is -0.154. The number of sulfonamides is 1. The van der Waals surface area contributed by atoms with Crippen molar-refractivity contribution in [3.63, 3.8) is 0 Å². The zero-order valence-electron chi connectivity index (χ0n) is 12.5. The molecule has 1 saturated heterocycles. The third-order valence-corrected chi connectivity index (χ3v) is 5.65. The van der Waals surface area contributed by atoms with Gasteiger partial charge in [-0.3, -0.25) is 4.79 Å². The second-order valence-corrected chi connectivity index (χ2v) is 7.22. The van der Waals surface area contributed by atoms with Gasteiger partial charge in [0.05, 0.1) is 10.3 Å². The van der Waals surface area contributed by atoms with Gasteiger partial charge in [-0.1, -0.05) is 25.1 Å². The molecule has 7 heteroatoms. The van der Waals surface area contributed by atoms with Gasteiger partial charge in [-0.25, -0.2) is 13.1 Å². The van der Waals surface area contributed by atoms with E-state index in [-0.39, 0.29) is 11.4 Å². The monoisotopic (exact) mass is 327 g/mol. The van der Waals surface area contributed by atoms with Crippen LogP contribution in [0.5, 0.6) is 0 Å². The summed E-state index contributed by atoms with van der Waals surface area (Å²) in [7, 11) is -3.73. The van der Waals surface area contributed by atoms with Gasteiger partial charge in [0.2, 0.25) is 10.0 Å². The van der Waals surface area contributed by atoms with Crippen LogP contribution in [0.2, 0.25) is 0 Å². The number of ether oxygens (including phenoxy) is 1. The van der Waals surface area contributed by atoms with Crippen molar-refractivity contribution >= 4 is 16.0 Å². The molecular formula is C15H21NO5S. The summed E-state index contributed by atoms with van der Waals surface area (Å²) in [5.74, 6) is -0.984. The van der Waals surface area contributed by atoms with Crippen molar-refractivity contribution in [3.05, 3.63) is 29.8 Å². The van der Waals surface area contributed by atoms with Gasteiger partial charge in [0.1, 0.15) is 0 Å². The molecule has 0 radical (unpaired) electrons. The van der Waals surface area contributed by atoms with Gasteiger partial charge >= 0.3 is 5.97 Å². The zero-order chi connectivity index (χ0) is 16.2. The van der Waals surface area contributed by atoms with Crippen molar-refractivity contribution in [2.45, 2.75) is 31.1 Å². The van der Waals surface area contributed by atoms with Gasteiger partial charge in [-0.2, -0.15) is 0 Å². The van der Waals surface area contributed by atoms with Gasteiger partial charge in [0.15, 0.2) is 0 Å². The molecule has 1 aromatic carbocycles. The van der Waals surface area contributed by atoms with Crippen molar-refractivity contribution in [2.24, 2.45) is 5.41 Å². The summed E-state index contributed by atoms with van der Waals surface area (Å²) in [5.41, 5.74) is -0.377. The molecule has 0 atom stereocenters. The van der Waals surface area contributed by atoms with Crippen LogP contribution < -0.4 is 4.72 Å². The van der Waals surface area contributed by atoms with Crippen LogP contribution in [0.15, 0.2) is 29.2 Å². The van der Waals surface area contributed by atoms with Crippen LogP contribution in [0.4, 0.5) is 0 Å². The molecule has 1 fully saturated rings. The lowest BCUT2D eigenvalue weighted by Gasteiger charge is -2.33. The van der Waals surface area contributed by atoms with E-state index in [0.717, 1.165) is 0 Å². The van der Waals surface area contributed by atoms with Crippen molar-refractivity contribution in [1.29, 1.82) is 0 Å². The molecule has 122 valence electrons. The number of nitrogens with one attached hydrogen (secondary N) is 1. The largest absolute Gasteiger partial charge is 0.481 e. The Morgan fingerprint density at radius 1 is 1.32 bits per heavy atom. The minimum absolute atomic E-state index is 0.119. The van der Waals surface area contributed by atoms with Crippen molar-refractivity contribution in [2.75, 3.05) is 19.8 Å². The number of carboxylic acid groups (broad SMARTS) is 1. The molecule has 6 nitrogen and oxygen atoms in total. The van der Waals surface area contributed by atoms with Crippen LogP contribution in [0.1, 0.15) is 25.3 Å². The van der Waals surface area contributed by atoms with Crippen molar-refractivity contribution in [3.8, 4) is 0 Å². The normalized spacial score (nSPS) is 18.0. The average Bonchev–Trinajstić information content (AvgIpc) is 2.53. The van der Waals surface area contributed by atoms with Gasteiger partial charge in [-0.15, -0.1) is 0 Å². The number of benzene rings is 1. The number of carbonyl (C=O) groups is 1. The van der Waals surface area contributed by atoms with Crippen LogP contribution in [0.25, 0.3) is 0 Å². The molecule has 0 amide bonds. The van der Waals surface area contributed by atoms with E-state index in [9.17, 15) is 18.3 Å². The minimum Gasteiger partial charge on any atom is -0.481 e. The first-order valence-electron chi connectivity index (χ1n) is 7.30. The van der Waals surface area contributed by atoms with Crippen LogP contribution in [0, 0.1) is 5.41 Å². The molecule has 1 heterocycles. The lowest BCUT2D eigenvalue weighted by atomic mass is 9.80. The Morgan fingerprint density at radius 3 is 2.55 bits per heavy atom. The Balaban J connectivity index is 2.20. The highest BCUT2D eigenvalue weighted by Crippen LogP contribution is 2.30. The lowest BCUT2D eigenvalue weighted by Crippen LogP contribution is -2.46. The zero-order valence-corrected chi connectivity index (χ0v) is 13.4. The number of hydrogen-bond acceptors (Lipinski definition) is 4. The predicted molar refractivity (Wildman–Crippen MR) is 81.1 cm³/mol. The topological polar surface area (TPSA) is 92.7 Å². The van der Waals surface area contributed by atoms with E-state index < -0.39 is 21.4 Å². The van der Waals surface area contributed by atoms with E-state index in [2.05, 4.69) is 4.72 Å². The van der Waals surface area contributed by atoms with Crippen LogP contribution in [0.3, 0.4) is 0 Å². The number of hydrogen-bond donors (Lipinski definition) is 2. The summed E-state index contributed by atoms with van der Waals surface area (Å²) in [6.07, 6.45) is 1.20. The van der Waals surface area contributed by atoms with E-state index in [1.54, 1.807) is 24.3 Å². The summed E-state index contributed by atoms with van der Waals surface area (Å²) < 4.78 is 32.6. The molecule has 0 aliphatic carbocycles. The third-order valence-electron chi connectivity index (χ3n) is 4.15. The van der Waals surface area contributed by atoms with Crippen molar-refractivity contribution < 1.29 is 23.1 Å². The molecule has 0 aromatic heterocycles.